The number of Topliss-reactive ketones (excluding diaryl/α,β-unsaturated/α-hetero) is 1. The van der Waals surface area contributed by atoms with Crippen molar-refractivity contribution in [2.45, 2.75) is 60.4 Å². The van der Waals surface area contributed by atoms with Crippen LogP contribution in [0.1, 0.15) is 42.9 Å². The molecule has 15 heteroatoms. The number of carbonyl (C=O) groups excluding carboxylic acids is 1. The number of likely N-dealkylation sites (tertiary alicyclic amines) is 1. The molecule has 0 aliphatic carbocycles. The van der Waals surface area contributed by atoms with E-state index in [0.29, 0.717) is 30.7 Å². The lowest BCUT2D eigenvalue weighted by atomic mass is 9.88. The van der Waals surface area contributed by atoms with Gasteiger partial charge in [0, 0.05) is 30.6 Å². The summed E-state index contributed by atoms with van der Waals surface area (Å²) in [7, 11) is -4.49. The molecule has 0 amide bonds. The molecule has 1 unspecified atom stereocenters. The molecule has 1 heterocycles. The van der Waals surface area contributed by atoms with Gasteiger partial charge in [-0.25, -0.2) is 21.6 Å². The minimum absolute atomic E-state index is 0.0456. The Kier molecular flexibility index (Phi) is 10.0. The zero-order valence-electron chi connectivity index (χ0n) is 24.2. The first-order valence-electron chi connectivity index (χ1n) is 13.9. The third-order valence-electron chi connectivity index (χ3n) is 7.99. The molecule has 5 nitrogen and oxygen atoms in total. The van der Waals surface area contributed by atoms with Gasteiger partial charge in [0.2, 0.25) is 0 Å². The molecule has 1 saturated heterocycles. The second-order valence-corrected chi connectivity index (χ2v) is 13.2. The molecule has 1 atom stereocenters. The number of benzene rings is 3. The van der Waals surface area contributed by atoms with Gasteiger partial charge in [-0.3, -0.25) is 9.69 Å². The average molecular weight is 682 g/mol. The number of rotatable bonds is 11. The molecule has 1 aliphatic rings. The van der Waals surface area contributed by atoms with E-state index in [1.54, 1.807) is 6.92 Å². The zero-order chi connectivity index (χ0) is 34.1. The summed E-state index contributed by atoms with van der Waals surface area (Å²) in [5.74, 6) is -3.80. The van der Waals surface area contributed by atoms with E-state index in [0.717, 1.165) is 42.5 Å². The molecule has 0 bridgehead atoms. The summed E-state index contributed by atoms with van der Waals surface area (Å²) in [6.07, 6.45) is -11.9. The Balaban J connectivity index is 1.83. The van der Waals surface area contributed by atoms with Gasteiger partial charge in [0.05, 0.1) is 18.0 Å². The minimum atomic E-state index is -6.20. The van der Waals surface area contributed by atoms with E-state index >= 15 is 0 Å². The van der Waals surface area contributed by atoms with Crippen LogP contribution in [0.25, 0.3) is 0 Å². The predicted octanol–water partition coefficient (Wildman–Crippen LogP) is 7.38. The Bertz CT molecular complexity index is 1620. The molecule has 46 heavy (non-hydrogen) atoms. The number of sulfone groups is 1. The van der Waals surface area contributed by atoms with Crippen molar-refractivity contribution in [3.05, 3.63) is 101 Å². The zero-order valence-corrected chi connectivity index (χ0v) is 25.0. The smallest absolute Gasteiger partial charge is 0.349 e. The number of halogens is 9. The number of alkyl halides is 6. The quantitative estimate of drug-likeness (QED) is 0.156. The first kappa shape index (κ1) is 35.4. The number of hydrogen-bond donors (Lipinski definition) is 0. The summed E-state index contributed by atoms with van der Waals surface area (Å²) in [4.78, 5) is 13.5. The molecular formula is C31H28F9NO4S. The number of hydrogen-bond acceptors (Lipinski definition) is 5. The molecule has 3 aromatic rings. The van der Waals surface area contributed by atoms with Crippen LogP contribution in [0.5, 0.6) is 0 Å². The molecular weight excluding hydrogens is 653 g/mol. The molecule has 1 aliphatic heterocycles. The van der Waals surface area contributed by atoms with Crippen LogP contribution in [0.2, 0.25) is 0 Å². The fraction of sp³-hybridized carbons (Fsp3) is 0.387. The normalized spacial score (nSPS) is 18.2. The number of nitrogens with zero attached hydrogens (tertiary/aromatic N) is 1. The highest BCUT2D eigenvalue weighted by Crippen LogP contribution is 2.54. The molecule has 0 aromatic heterocycles. The maximum absolute atomic E-state index is 14.4. The van der Waals surface area contributed by atoms with Gasteiger partial charge >= 0.3 is 12.4 Å². The van der Waals surface area contributed by atoms with Gasteiger partial charge in [-0.15, -0.1) is 0 Å². The Morgan fingerprint density at radius 2 is 1.43 bits per heavy atom. The van der Waals surface area contributed by atoms with E-state index in [9.17, 15) is 52.7 Å². The van der Waals surface area contributed by atoms with Crippen LogP contribution in [-0.2, 0) is 36.3 Å². The molecule has 0 spiro atoms. The maximum Gasteiger partial charge on any atom is 0.430 e. The molecule has 0 radical (unpaired) electrons. The lowest BCUT2D eigenvalue weighted by molar-refractivity contribution is -0.392. The summed E-state index contributed by atoms with van der Waals surface area (Å²) >= 11 is 0. The third-order valence-corrected chi connectivity index (χ3v) is 10.5. The Labute approximate surface area is 258 Å². The standard InChI is InChI=1S/C31H28F9NO4S/c1-2-4-23(42)17-41-16-15-28(19-41,46(43,44)24-13-11-22(32)12-14-24)20-7-9-21(10-8-20)29(30(35,36)37,31(38,39)40)45-18-25-26(33)5-3-6-27(25)34/h3,5-14H,2,4,15-19H2,1H3. The summed E-state index contributed by atoms with van der Waals surface area (Å²) in [6.45, 7) is -0.412. The van der Waals surface area contributed by atoms with Crippen LogP contribution in [-0.4, -0.2) is 51.1 Å². The van der Waals surface area contributed by atoms with Crippen LogP contribution in [0.3, 0.4) is 0 Å². The second-order valence-electron chi connectivity index (χ2n) is 10.9. The number of ketones is 1. The number of carbonyl (C=O) groups is 1. The van der Waals surface area contributed by atoms with Crippen molar-refractivity contribution in [3.8, 4) is 0 Å². The van der Waals surface area contributed by atoms with Crippen molar-refractivity contribution in [3.63, 3.8) is 0 Å². The fourth-order valence-electron chi connectivity index (χ4n) is 5.64. The van der Waals surface area contributed by atoms with Gasteiger partial charge in [-0.05, 0) is 54.8 Å². The fourth-order valence-corrected chi connectivity index (χ4v) is 7.75. The van der Waals surface area contributed by atoms with Crippen LogP contribution in [0.15, 0.2) is 71.6 Å². The van der Waals surface area contributed by atoms with E-state index in [-0.39, 0.29) is 48.7 Å². The topological polar surface area (TPSA) is 63.7 Å². The molecule has 4 rings (SSSR count). The van der Waals surface area contributed by atoms with Crippen molar-refractivity contribution in [1.82, 2.24) is 4.90 Å². The van der Waals surface area contributed by atoms with Gasteiger partial charge in [-0.2, -0.15) is 26.3 Å². The summed E-state index contributed by atoms with van der Waals surface area (Å²) in [6, 6.07) is 8.27. The first-order valence-corrected chi connectivity index (χ1v) is 15.4. The van der Waals surface area contributed by atoms with Crippen LogP contribution < -0.4 is 0 Å². The van der Waals surface area contributed by atoms with Gasteiger partial charge in [0.25, 0.3) is 5.60 Å². The Morgan fingerprint density at radius 1 is 0.870 bits per heavy atom. The van der Waals surface area contributed by atoms with Crippen molar-refractivity contribution in [1.29, 1.82) is 0 Å². The highest BCUT2D eigenvalue weighted by Gasteiger charge is 2.73. The Morgan fingerprint density at radius 3 is 1.96 bits per heavy atom. The highest BCUT2D eigenvalue weighted by molar-refractivity contribution is 7.92. The number of ether oxygens (including phenoxy) is 1. The molecule has 3 aromatic carbocycles. The predicted molar refractivity (Wildman–Crippen MR) is 148 cm³/mol. The van der Waals surface area contributed by atoms with Gasteiger partial charge < -0.3 is 4.74 Å². The lowest BCUT2D eigenvalue weighted by Gasteiger charge is -2.38. The SMILES string of the molecule is CCCC(=O)CN1CCC(c2ccc(C(OCc3c(F)cccc3F)(C(F)(F)F)C(F)(F)F)cc2)(S(=O)(=O)c2ccc(F)cc2)C1. The van der Waals surface area contributed by atoms with Crippen LogP contribution in [0, 0.1) is 17.5 Å². The van der Waals surface area contributed by atoms with Crippen molar-refractivity contribution < 1.29 is 57.5 Å². The maximum atomic E-state index is 14.4. The van der Waals surface area contributed by atoms with Gasteiger partial charge in [0.15, 0.2) is 9.84 Å². The average Bonchev–Trinajstić information content (AvgIpc) is 3.39. The van der Waals surface area contributed by atoms with Gasteiger partial charge in [-0.1, -0.05) is 37.3 Å². The van der Waals surface area contributed by atoms with Crippen molar-refractivity contribution in [2.75, 3.05) is 19.6 Å². The molecule has 0 saturated carbocycles. The summed E-state index contributed by atoms with van der Waals surface area (Å²) in [5.41, 5.74) is -7.94. The minimum Gasteiger partial charge on any atom is -0.349 e. The molecule has 0 N–H and O–H groups in total. The highest BCUT2D eigenvalue weighted by atomic mass is 32.2. The molecule has 250 valence electrons. The van der Waals surface area contributed by atoms with Crippen molar-refractivity contribution in [2.24, 2.45) is 0 Å². The molecule has 1 fully saturated rings. The summed E-state index contributed by atoms with van der Waals surface area (Å²) < 4.78 is 159. The summed E-state index contributed by atoms with van der Waals surface area (Å²) in [5, 5.41) is 0. The Hall–Kier alpha value is -3.43. The second kappa shape index (κ2) is 13.0. The van der Waals surface area contributed by atoms with Crippen LogP contribution >= 0.6 is 0 Å². The van der Waals surface area contributed by atoms with E-state index in [4.69, 9.17) is 0 Å². The lowest BCUT2D eigenvalue weighted by Crippen LogP contribution is -2.56. The monoisotopic (exact) mass is 681 g/mol. The van der Waals surface area contributed by atoms with E-state index in [2.05, 4.69) is 4.74 Å². The van der Waals surface area contributed by atoms with Gasteiger partial charge in [0.1, 0.15) is 28.0 Å². The first-order chi connectivity index (χ1) is 21.4. The van der Waals surface area contributed by atoms with E-state index < -0.39 is 67.7 Å². The van der Waals surface area contributed by atoms with Crippen LogP contribution in [0.4, 0.5) is 39.5 Å². The third kappa shape index (κ3) is 6.41. The van der Waals surface area contributed by atoms with Crippen molar-refractivity contribution >= 4 is 15.6 Å². The van der Waals surface area contributed by atoms with E-state index in [1.165, 1.54) is 4.90 Å². The van der Waals surface area contributed by atoms with E-state index in [1.807, 2.05) is 0 Å². The largest absolute Gasteiger partial charge is 0.430 e.